The highest BCUT2D eigenvalue weighted by molar-refractivity contribution is 4.71. The summed E-state index contributed by atoms with van der Waals surface area (Å²) in [5, 5.41) is 3.71. The van der Waals surface area contributed by atoms with Gasteiger partial charge in [0, 0.05) is 19.1 Å². The maximum absolute atomic E-state index is 3.71. The summed E-state index contributed by atoms with van der Waals surface area (Å²) >= 11 is 0. The summed E-state index contributed by atoms with van der Waals surface area (Å²) < 4.78 is 0. The van der Waals surface area contributed by atoms with Gasteiger partial charge in [0.2, 0.25) is 0 Å². The zero-order valence-corrected chi connectivity index (χ0v) is 12.2. The van der Waals surface area contributed by atoms with Crippen LogP contribution in [0.2, 0.25) is 0 Å². The molecule has 0 aromatic rings. The van der Waals surface area contributed by atoms with Crippen LogP contribution in [0.5, 0.6) is 0 Å². The average molecular weight is 228 g/mol. The normalized spacial score (nSPS) is 12.4. The van der Waals surface area contributed by atoms with Crippen molar-refractivity contribution in [1.82, 2.24) is 10.2 Å². The molecule has 0 amide bonds. The van der Waals surface area contributed by atoms with Gasteiger partial charge in [0.1, 0.15) is 0 Å². The minimum absolute atomic E-state index is 0.699. The molecule has 0 radical (unpaired) electrons. The second kappa shape index (κ2) is 9.00. The van der Waals surface area contributed by atoms with Crippen LogP contribution in [-0.4, -0.2) is 37.6 Å². The third-order valence-electron chi connectivity index (χ3n) is 2.98. The average Bonchev–Trinajstić information content (AvgIpc) is 2.15. The molecule has 0 aliphatic carbocycles. The smallest absolute Gasteiger partial charge is 0.0104 e. The molecule has 0 saturated carbocycles. The van der Waals surface area contributed by atoms with E-state index in [-0.39, 0.29) is 0 Å². The van der Waals surface area contributed by atoms with Gasteiger partial charge in [0.05, 0.1) is 0 Å². The van der Waals surface area contributed by atoms with Crippen molar-refractivity contribution in [3.8, 4) is 0 Å². The predicted octanol–water partition coefficient (Wildman–Crippen LogP) is 2.99. The predicted molar refractivity (Wildman–Crippen MR) is 73.9 cm³/mol. The summed E-state index contributed by atoms with van der Waals surface area (Å²) in [6, 6.07) is 0.699. The van der Waals surface area contributed by atoms with Crippen LogP contribution >= 0.6 is 0 Å². The lowest BCUT2D eigenvalue weighted by Crippen LogP contribution is -2.37. The second-order valence-corrected chi connectivity index (χ2v) is 5.81. The van der Waals surface area contributed by atoms with Gasteiger partial charge in [0.25, 0.3) is 0 Å². The fourth-order valence-corrected chi connectivity index (χ4v) is 2.02. The van der Waals surface area contributed by atoms with Gasteiger partial charge in [-0.2, -0.15) is 0 Å². The molecule has 0 fully saturated rings. The Labute approximate surface area is 103 Å². The van der Waals surface area contributed by atoms with Crippen molar-refractivity contribution in [1.29, 1.82) is 0 Å². The van der Waals surface area contributed by atoms with Crippen LogP contribution in [0.4, 0.5) is 0 Å². The van der Waals surface area contributed by atoms with Gasteiger partial charge < -0.3 is 10.2 Å². The topological polar surface area (TPSA) is 15.3 Å². The van der Waals surface area contributed by atoms with Crippen molar-refractivity contribution in [3.63, 3.8) is 0 Å². The Morgan fingerprint density at radius 2 is 1.50 bits per heavy atom. The molecular weight excluding hydrogens is 196 g/mol. The molecule has 16 heavy (non-hydrogen) atoms. The maximum atomic E-state index is 3.71. The van der Waals surface area contributed by atoms with Crippen LogP contribution in [0.15, 0.2) is 0 Å². The van der Waals surface area contributed by atoms with E-state index in [9.17, 15) is 0 Å². The van der Waals surface area contributed by atoms with E-state index in [1.165, 1.54) is 12.8 Å². The molecule has 0 bridgehead atoms. The van der Waals surface area contributed by atoms with Crippen LogP contribution in [-0.2, 0) is 0 Å². The fourth-order valence-electron chi connectivity index (χ4n) is 2.02. The third-order valence-corrected chi connectivity index (χ3v) is 2.98. The molecule has 0 aromatic carbocycles. The summed E-state index contributed by atoms with van der Waals surface area (Å²) in [5.74, 6) is 1.58. The Balaban J connectivity index is 3.82. The monoisotopic (exact) mass is 228 g/mol. The van der Waals surface area contributed by atoms with Gasteiger partial charge >= 0.3 is 0 Å². The van der Waals surface area contributed by atoms with Crippen LogP contribution in [0, 0.1) is 11.8 Å². The molecule has 98 valence electrons. The van der Waals surface area contributed by atoms with Gasteiger partial charge in [-0.15, -0.1) is 0 Å². The SMILES string of the molecule is CCN(C)CCNC(CC(C)C)CC(C)C. The van der Waals surface area contributed by atoms with Gasteiger partial charge in [-0.3, -0.25) is 0 Å². The molecule has 0 aliphatic heterocycles. The largest absolute Gasteiger partial charge is 0.313 e. The van der Waals surface area contributed by atoms with Crippen molar-refractivity contribution >= 4 is 0 Å². The number of likely N-dealkylation sites (N-methyl/N-ethyl adjacent to an activating group) is 1. The first-order chi connectivity index (χ1) is 7.45. The lowest BCUT2D eigenvalue weighted by atomic mass is 9.95. The highest BCUT2D eigenvalue weighted by atomic mass is 15.1. The molecule has 0 spiro atoms. The highest BCUT2D eigenvalue weighted by Gasteiger charge is 2.12. The standard InChI is InChI=1S/C14H32N2/c1-7-16(6)9-8-15-14(10-12(2)3)11-13(4)5/h12-15H,7-11H2,1-6H3. The van der Waals surface area contributed by atoms with E-state index in [1.807, 2.05) is 0 Å². The minimum atomic E-state index is 0.699. The Morgan fingerprint density at radius 1 is 1.00 bits per heavy atom. The van der Waals surface area contributed by atoms with Crippen molar-refractivity contribution in [3.05, 3.63) is 0 Å². The summed E-state index contributed by atoms with van der Waals surface area (Å²) in [6.07, 6.45) is 2.60. The summed E-state index contributed by atoms with van der Waals surface area (Å²) in [4.78, 5) is 2.36. The Morgan fingerprint density at radius 3 is 1.88 bits per heavy atom. The molecule has 2 heteroatoms. The molecule has 0 aromatic heterocycles. The molecule has 0 aliphatic rings. The first-order valence-electron chi connectivity index (χ1n) is 6.87. The molecule has 0 atom stereocenters. The van der Waals surface area contributed by atoms with Gasteiger partial charge in [-0.05, 0) is 38.3 Å². The summed E-state index contributed by atoms with van der Waals surface area (Å²) in [6.45, 7) is 14.9. The third kappa shape index (κ3) is 9.17. The van der Waals surface area contributed by atoms with Crippen molar-refractivity contribution in [2.75, 3.05) is 26.7 Å². The first-order valence-corrected chi connectivity index (χ1v) is 6.87. The van der Waals surface area contributed by atoms with E-state index in [4.69, 9.17) is 0 Å². The van der Waals surface area contributed by atoms with Gasteiger partial charge in [-0.1, -0.05) is 34.6 Å². The van der Waals surface area contributed by atoms with Crippen LogP contribution in [0.1, 0.15) is 47.5 Å². The van der Waals surface area contributed by atoms with Crippen molar-refractivity contribution < 1.29 is 0 Å². The Bertz CT molecular complexity index is 145. The van der Waals surface area contributed by atoms with Crippen molar-refractivity contribution in [2.45, 2.75) is 53.5 Å². The molecule has 2 nitrogen and oxygen atoms in total. The lowest BCUT2D eigenvalue weighted by molar-refractivity contribution is 0.311. The molecule has 1 N–H and O–H groups in total. The van der Waals surface area contributed by atoms with Crippen LogP contribution in [0.3, 0.4) is 0 Å². The van der Waals surface area contributed by atoms with E-state index >= 15 is 0 Å². The summed E-state index contributed by atoms with van der Waals surface area (Å²) in [5.41, 5.74) is 0. The molecular formula is C14H32N2. The van der Waals surface area contributed by atoms with E-state index in [0.29, 0.717) is 6.04 Å². The number of nitrogens with one attached hydrogen (secondary N) is 1. The Kier molecular flexibility index (Phi) is 8.96. The fraction of sp³-hybridized carbons (Fsp3) is 1.00. The quantitative estimate of drug-likeness (QED) is 0.652. The van der Waals surface area contributed by atoms with Crippen LogP contribution < -0.4 is 5.32 Å². The minimum Gasteiger partial charge on any atom is -0.313 e. The van der Waals surface area contributed by atoms with Crippen molar-refractivity contribution in [2.24, 2.45) is 11.8 Å². The van der Waals surface area contributed by atoms with E-state index in [1.54, 1.807) is 0 Å². The van der Waals surface area contributed by atoms with E-state index in [0.717, 1.165) is 31.5 Å². The van der Waals surface area contributed by atoms with Crippen LogP contribution in [0.25, 0.3) is 0 Å². The number of hydrogen-bond donors (Lipinski definition) is 1. The number of nitrogens with zero attached hydrogens (tertiary/aromatic N) is 1. The second-order valence-electron chi connectivity index (χ2n) is 5.81. The molecule has 0 rings (SSSR count). The van der Waals surface area contributed by atoms with E-state index < -0.39 is 0 Å². The first kappa shape index (κ1) is 15.9. The Hall–Kier alpha value is -0.0800. The van der Waals surface area contributed by atoms with Gasteiger partial charge in [-0.25, -0.2) is 0 Å². The molecule has 0 unspecified atom stereocenters. The molecule has 0 saturated heterocycles. The molecule has 0 heterocycles. The summed E-state index contributed by atoms with van der Waals surface area (Å²) in [7, 11) is 2.18. The maximum Gasteiger partial charge on any atom is 0.0104 e. The number of rotatable bonds is 9. The van der Waals surface area contributed by atoms with Gasteiger partial charge in [0.15, 0.2) is 0 Å². The zero-order valence-electron chi connectivity index (χ0n) is 12.2. The zero-order chi connectivity index (χ0) is 12.6. The number of hydrogen-bond acceptors (Lipinski definition) is 2. The highest BCUT2D eigenvalue weighted by Crippen LogP contribution is 2.12. The lowest BCUT2D eigenvalue weighted by Gasteiger charge is -2.24. The van der Waals surface area contributed by atoms with E-state index in [2.05, 4.69) is 51.9 Å².